The van der Waals surface area contributed by atoms with Gasteiger partial charge in [-0.15, -0.1) is 0 Å². The number of phenols is 1. The van der Waals surface area contributed by atoms with Crippen molar-refractivity contribution in [1.82, 2.24) is 4.90 Å². The number of nitriles is 1. The predicted octanol–water partition coefficient (Wildman–Crippen LogP) is 4.95. The molecule has 1 N–H and O–H groups in total. The molecule has 0 aliphatic rings. The van der Waals surface area contributed by atoms with Gasteiger partial charge in [0, 0.05) is 19.2 Å². The Bertz CT molecular complexity index is 902. The van der Waals surface area contributed by atoms with Crippen LogP contribution in [0.3, 0.4) is 0 Å². The van der Waals surface area contributed by atoms with Crippen molar-refractivity contribution in [2.24, 2.45) is 0 Å². The minimum Gasteiger partial charge on any atom is -0.499 e. The molecule has 0 radical (unpaired) electrons. The molecule has 0 fully saturated rings. The summed E-state index contributed by atoms with van der Waals surface area (Å²) in [7, 11) is 0. The summed E-state index contributed by atoms with van der Waals surface area (Å²) in [5.41, 5.74) is -0.958. The minimum absolute atomic E-state index is 0.0373. The van der Waals surface area contributed by atoms with Gasteiger partial charge in [0.25, 0.3) is 5.91 Å². The van der Waals surface area contributed by atoms with E-state index in [1.807, 2.05) is 0 Å². The van der Waals surface area contributed by atoms with Gasteiger partial charge in [0.2, 0.25) is 5.75 Å². The molecule has 0 saturated carbocycles. The zero-order chi connectivity index (χ0) is 24.8. The molecule has 1 amide bonds. The van der Waals surface area contributed by atoms with Crippen molar-refractivity contribution in [3.63, 3.8) is 0 Å². The smallest absolute Gasteiger partial charge is 0.499 e. The summed E-state index contributed by atoms with van der Waals surface area (Å²) in [5, 5.41) is 30.9. The lowest BCUT2D eigenvalue weighted by atomic mass is 10.1. The van der Waals surface area contributed by atoms with E-state index in [1.54, 1.807) is 19.9 Å². The highest BCUT2D eigenvalue weighted by atomic mass is 16.7. The zero-order valence-corrected chi connectivity index (χ0v) is 19.3. The topological polar surface area (TPSA) is 143 Å². The van der Waals surface area contributed by atoms with E-state index in [0.717, 1.165) is 50.3 Å². The first kappa shape index (κ1) is 27.4. The SMILES string of the molecule is CCCCCCCCOC(=O)Oc1cc(C=C(C#N)C(=O)N(CC)CC)cc([N+](=O)[O-])c1O. The van der Waals surface area contributed by atoms with Gasteiger partial charge in [-0.05, 0) is 38.0 Å². The van der Waals surface area contributed by atoms with Gasteiger partial charge in [-0.1, -0.05) is 39.0 Å². The number of likely N-dealkylation sites (N-methyl/N-ethyl adjacent to an activating group) is 1. The summed E-state index contributed by atoms with van der Waals surface area (Å²) in [4.78, 5) is 36.3. The molecule has 180 valence electrons. The second-order valence-corrected chi connectivity index (χ2v) is 7.26. The number of nitro groups is 1. The first-order valence-electron chi connectivity index (χ1n) is 11.1. The van der Waals surface area contributed by atoms with Crippen LogP contribution in [-0.2, 0) is 9.53 Å². The molecule has 10 nitrogen and oxygen atoms in total. The van der Waals surface area contributed by atoms with Gasteiger partial charge < -0.3 is 19.5 Å². The molecule has 33 heavy (non-hydrogen) atoms. The van der Waals surface area contributed by atoms with Gasteiger partial charge in [-0.3, -0.25) is 14.9 Å². The third kappa shape index (κ3) is 8.80. The largest absolute Gasteiger partial charge is 0.513 e. The standard InChI is InChI=1S/C23H31N3O7/c1-4-7-8-9-10-11-12-32-23(29)33-20-15-17(14-19(21(20)27)26(30)31)13-18(16-24)22(28)25(5-2)6-3/h13-15,27H,4-12H2,1-3H3. The number of benzene rings is 1. The van der Waals surface area contributed by atoms with Gasteiger partial charge in [-0.2, -0.15) is 5.26 Å². The molecule has 0 saturated heterocycles. The number of hydrogen-bond donors (Lipinski definition) is 1. The van der Waals surface area contributed by atoms with Crippen LogP contribution in [0.4, 0.5) is 10.5 Å². The van der Waals surface area contributed by atoms with Crippen LogP contribution < -0.4 is 4.74 Å². The molecule has 0 aliphatic heterocycles. The van der Waals surface area contributed by atoms with E-state index in [1.165, 1.54) is 4.90 Å². The lowest BCUT2D eigenvalue weighted by Gasteiger charge is -2.17. The number of rotatable bonds is 13. The van der Waals surface area contributed by atoms with Crippen LogP contribution in [0.2, 0.25) is 0 Å². The molecule has 0 unspecified atom stereocenters. The van der Waals surface area contributed by atoms with E-state index >= 15 is 0 Å². The van der Waals surface area contributed by atoms with Crippen molar-refractivity contribution in [3.05, 3.63) is 33.4 Å². The third-order valence-electron chi connectivity index (χ3n) is 4.90. The Kier molecular flexibility index (Phi) is 12.0. The number of nitrogens with zero attached hydrogens (tertiary/aromatic N) is 3. The maximum Gasteiger partial charge on any atom is 0.513 e. The normalized spacial score (nSPS) is 10.9. The maximum atomic E-state index is 12.5. The molecule has 0 spiro atoms. The summed E-state index contributed by atoms with van der Waals surface area (Å²) < 4.78 is 9.94. The van der Waals surface area contributed by atoms with Crippen molar-refractivity contribution in [2.45, 2.75) is 59.3 Å². The zero-order valence-electron chi connectivity index (χ0n) is 19.3. The molecular formula is C23H31N3O7. The molecular weight excluding hydrogens is 430 g/mol. The Balaban J connectivity index is 3.01. The van der Waals surface area contributed by atoms with Gasteiger partial charge in [0.05, 0.1) is 11.5 Å². The lowest BCUT2D eigenvalue weighted by molar-refractivity contribution is -0.385. The fourth-order valence-electron chi connectivity index (χ4n) is 3.06. The summed E-state index contributed by atoms with van der Waals surface area (Å²) >= 11 is 0. The molecule has 1 rings (SSSR count). The Morgan fingerprint density at radius 1 is 1.15 bits per heavy atom. The Labute approximate surface area is 193 Å². The summed E-state index contributed by atoms with van der Waals surface area (Å²) in [6.07, 6.45) is 5.98. The van der Waals surface area contributed by atoms with Gasteiger partial charge in [-0.25, -0.2) is 4.79 Å². The second-order valence-electron chi connectivity index (χ2n) is 7.26. The van der Waals surface area contributed by atoms with Gasteiger partial charge >= 0.3 is 11.8 Å². The van der Waals surface area contributed by atoms with Crippen molar-refractivity contribution in [3.8, 4) is 17.6 Å². The average Bonchev–Trinajstić information content (AvgIpc) is 2.79. The molecule has 1 aromatic carbocycles. The van der Waals surface area contributed by atoms with Crippen molar-refractivity contribution in [2.75, 3.05) is 19.7 Å². The quantitative estimate of drug-likeness (QED) is 0.0826. The average molecular weight is 462 g/mol. The number of carbonyl (C=O) groups is 2. The highest BCUT2D eigenvalue weighted by Crippen LogP contribution is 2.38. The molecule has 0 aliphatic carbocycles. The first-order valence-corrected chi connectivity index (χ1v) is 11.1. The van der Waals surface area contributed by atoms with Crippen molar-refractivity contribution < 1.29 is 29.1 Å². The van der Waals surface area contributed by atoms with E-state index in [2.05, 4.69) is 6.92 Å². The van der Waals surface area contributed by atoms with Crippen LogP contribution in [0.15, 0.2) is 17.7 Å². The van der Waals surface area contributed by atoms with E-state index < -0.39 is 34.2 Å². The highest BCUT2D eigenvalue weighted by molar-refractivity contribution is 6.01. The number of carbonyl (C=O) groups excluding carboxylic acids is 2. The van der Waals surface area contributed by atoms with Crippen LogP contribution in [0, 0.1) is 21.4 Å². The van der Waals surface area contributed by atoms with Crippen molar-refractivity contribution >= 4 is 23.8 Å². The molecule has 0 aromatic heterocycles. The third-order valence-corrected chi connectivity index (χ3v) is 4.90. The number of amides is 1. The maximum absolute atomic E-state index is 12.5. The van der Waals surface area contributed by atoms with Crippen LogP contribution in [0.25, 0.3) is 6.08 Å². The fraction of sp³-hybridized carbons (Fsp3) is 0.522. The summed E-state index contributed by atoms with van der Waals surface area (Å²) in [6, 6.07) is 3.89. The Hall–Kier alpha value is -3.61. The molecule has 0 heterocycles. The number of hydrogen-bond acceptors (Lipinski definition) is 8. The number of ether oxygens (including phenoxy) is 2. The molecule has 0 atom stereocenters. The van der Waals surface area contributed by atoms with Crippen LogP contribution in [-0.4, -0.2) is 46.7 Å². The number of phenolic OH excluding ortho intramolecular Hbond substituents is 1. The van der Waals surface area contributed by atoms with Crippen LogP contribution >= 0.6 is 0 Å². The van der Waals surface area contributed by atoms with Crippen LogP contribution in [0.1, 0.15) is 64.9 Å². The number of aromatic hydroxyl groups is 1. The lowest BCUT2D eigenvalue weighted by Crippen LogP contribution is -2.31. The number of unbranched alkanes of at least 4 members (excludes halogenated alkanes) is 5. The van der Waals surface area contributed by atoms with E-state index in [4.69, 9.17) is 9.47 Å². The summed E-state index contributed by atoms with van der Waals surface area (Å²) in [6.45, 7) is 6.50. The predicted molar refractivity (Wildman–Crippen MR) is 122 cm³/mol. The Morgan fingerprint density at radius 2 is 1.79 bits per heavy atom. The van der Waals surface area contributed by atoms with E-state index in [-0.39, 0.29) is 17.7 Å². The van der Waals surface area contributed by atoms with E-state index in [9.17, 15) is 30.1 Å². The van der Waals surface area contributed by atoms with E-state index in [0.29, 0.717) is 19.5 Å². The first-order chi connectivity index (χ1) is 15.8. The minimum atomic E-state index is -1.12. The monoisotopic (exact) mass is 461 g/mol. The molecule has 10 heteroatoms. The van der Waals surface area contributed by atoms with Gasteiger partial charge in [0.15, 0.2) is 5.75 Å². The molecule has 0 bridgehead atoms. The number of nitro benzene ring substituents is 1. The fourth-order valence-corrected chi connectivity index (χ4v) is 3.06. The van der Waals surface area contributed by atoms with Crippen molar-refractivity contribution in [1.29, 1.82) is 5.26 Å². The van der Waals surface area contributed by atoms with Crippen LogP contribution in [0.5, 0.6) is 11.5 Å². The second kappa shape index (κ2) is 14.5. The highest BCUT2D eigenvalue weighted by Gasteiger charge is 2.23. The molecule has 1 aromatic rings. The Morgan fingerprint density at radius 3 is 2.36 bits per heavy atom. The summed E-state index contributed by atoms with van der Waals surface area (Å²) in [5.74, 6) is -1.91. The van der Waals surface area contributed by atoms with Gasteiger partial charge in [0.1, 0.15) is 11.6 Å².